The van der Waals surface area contributed by atoms with Crippen molar-refractivity contribution in [2.45, 2.75) is 56.7 Å². The largest absolute Gasteiger partial charge is 0.330 e. The highest BCUT2D eigenvalue weighted by Gasteiger charge is 2.40. The normalized spacial score (nSPS) is 32.9. The van der Waals surface area contributed by atoms with Crippen LogP contribution < -0.4 is 0 Å². The van der Waals surface area contributed by atoms with E-state index < -0.39 is 6.17 Å². The van der Waals surface area contributed by atoms with Crippen molar-refractivity contribution in [3.05, 3.63) is 42.5 Å². The lowest BCUT2D eigenvalue weighted by Gasteiger charge is -2.29. The van der Waals surface area contributed by atoms with E-state index in [1.165, 1.54) is 25.0 Å². The Bertz CT molecular complexity index is 553. The molecule has 1 aliphatic heterocycles. The number of halogens is 1. The van der Waals surface area contributed by atoms with E-state index in [0.717, 1.165) is 12.8 Å². The van der Waals surface area contributed by atoms with Crippen LogP contribution in [-0.4, -0.2) is 15.7 Å². The second kappa shape index (κ2) is 5.43. The van der Waals surface area contributed by atoms with Crippen LogP contribution in [0.3, 0.4) is 0 Å². The van der Waals surface area contributed by atoms with Gasteiger partial charge in [-0.25, -0.2) is 9.37 Å². The van der Waals surface area contributed by atoms with Gasteiger partial charge in [-0.2, -0.15) is 0 Å². The molecule has 1 aromatic rings. The molecule has 0 amide bonds. The molecule has 1 fully saturated rings. The van der Waals surface area contributed by atoms with Crippen LogP contribution in [0.5, 0.6) is 0 Å². The van der Waals surface area contributed by atoms with Crippen LogP contribution in [0.25, 0.3) is 0 Å². The van der Waals surface area contributed by atoms with Gasteiger partial charge in [-0.3, -0.25) is 0 Å². The molecule has 0 saturated heterocycles. The number of nitrogens with zero attached hydrogens (tertiary/aromatic N) is 2. The summed E-state index contributed by atoms with van der Waals surface area (Å²) < 4.78 is 17.1. The monoisotopic (exact) mass is 286 g/mol. The molecule has 0 radical (unpaired) electrons. The fourth-order valence-electron chi connectivity index (χ4n) is 4.51. The van der Waals surface area contributed by atoms with Gasteiger partial charge in [0.2, 0.25) is 0 Å². The number of allylic oxidation sites excluding steroid dienone is 4. The molecule has 4 unspecified atom stereocenters. The summed E-state index contributed by atoms with van der Waals surface area (Å²) in [6, 6.07) is 0.241. The van der Waals surface area contributed by atoms with Gasteiger partial charge in [0.1, 0.15) is 6.17 Å². The van der Waals surface area contributed by atoms with E-state index >= 15 is 0 Å². The first-order valence-electron chi connectivity index (χ1n) is 8.35. The van der Waals surface area contributed by atoms with Gasteiger partial charge in [0.25, 0.3) is 0 Å². The third kappa shape index (κ3) is 2.27. The molecule has 0 bridgehead atoms. The highest BCUT2D eigenvalue weighted by molar-refractivity contribution is 5.31. The van der Waals surface area contributed by atoms with E-state index in [0.29, 0.717) is 18.3 Å². The Kier molecular flexibility index (Phi) is 3.44. The molecule has 1 aromatic heterocycles. The molecule has 0 spiro atoms. The summed E-state index contributed by atoms with van der Waals surface area (Å²) in [6.45, 7) is 0. The topological polar surface area (TPSA) is 17.8 Å². The Morgan fingerprint density at radius 1 is 1.19 bits per heavy atom. The number of aromatic nitrogens is 2. The summed E-state index contributed by atoms with van der Waals surface area (Å²) in [7, 11) is 0. The molecule has 3 heteroatoms. The Morgan fingerprint density at radius 2 is 2.00 bits per heavy atom. The fraction of sp³-hybridized carbons (Fsp3) is 0.611. The van der Waals surface area contributed by atoms with E-state index in [4.69, 9.17) is 0 Å². The van der Waals surface area contributed by atoms with Gasteiger partial charge in [-0.1, -0.05) is 43.6 Å². The van der Waals surface area contributed by atoms with Crippen LogP contribution in [0.4, 0.5) is 4.39 Å². The van der Waals surface area contributed by atoms with Gasteiger partial charge in [0.05, 0.1) is 6.33 Å². The number of alkyl halides is 1. The van der Waals surface area contributed by atoms with Crippen molar-refractivity contribution in [2.75, 3.05) is 0 Å². The number of rotatable bonds is 3. The maximum atomic E-state index is 14.8. The molecule has 2 aliphatic carbocycles. The van der Waals surface area contributed by atoms with Crippen molar-refractivity contribution in [1.29, 1.82) is 0 Å². The summed E-state index contributed by atoms with van der Waals surface area (Å²) in [5.74, 6) is 1.09. The Hall–Kier alpha value is -1.38. The lowest BCUT2D eigenvalue weighted by molar-refractivity contribution is 0.145. The first-order chi connectivity index (χ1) is 10.3. The zero-order chi connectivity index (χ0) is 14.2. The van der Waals surface area contributed by atoms with Crippen LogP contribution in [0.2, 0.25) is 0 Å². The van der Waals surface area contributed by atoms with Crippen molar-refractivity contribution >= 4 is 0 Å². The van der Waals surface area contributed by atoms with Crippen molar-refractivity contribution in [2.24, 2.45) is 11.8 Å². The third-order valence-corrected chi connectivity index (χ3v) is 5.64. The molecule has 4 atom stereocenters. The molecule has 0 aromatic carbocycles. The van der Waals surface area contributed by atoms with Crippen molar-refractivity contribution in [3.63, 3.8) is 0 Å². The Balaban J connectivity index is 1.54. The summed E-state index contributed by atoms with van der Waals surface area (Å²) >= 11 is 0. The van der Waals surface area contributed by atoms with Crippen molar-refractivity contribution in [1.82, 2.24) is 9.55 Å². The van der Waals surface area contributed by atoms with Gasteiger partial charge >= 0.3 is 0 Å². The second-order valence-electron chi connectivity index (χ2n) is 6.82. The van der Waals surface area contributed by atoms with Gasteiger partial charge < -0.3 is 4.57 Å². The van der Waals surface area contributed by atoms with E-state index in [9.17, 15) is 4.39 Å². The van der Waals surface area contributed by atoms with Gasteiger partial charge in [-0.15, -0.1) is 0 Å². The molecule has 21 heavy (non-hydrogen) atoms. The van der Waals surface area contributed by atoms with Gasteiger partial charge in [0, 0.05) is 36.2 Å². The van der Waals surface area contributed by atoms with Crippen LogP contribution in [0.15, 0.2) is 36.8 Å². The Morgan fingerprint density at radius 3 is 2.86 bits per heavy atom. The molecular formula is C18H23FN2. The lowest BCUT2D eigenvalue weighted by atomic mass is 9.79. The zero-order valence-corrected chi connectivity index (χ0v) is 12.4. The molecule has 0 N–H and O–H groups in total. The molecule has 2 nitrogen and oxygen atoms in total. The number of imidazole rings is 1. The van der Waals surface area contributed by atoms with Crippen LogP contribution in [-0.2, 0) is 0 Å². The van der Waals surface area contributed by atoms with Crippen molar-refractivity contribution in [3.8, 4) is 0 Å². The first-order valence-corrected chi connectivity index (χ1v) is 8.35. The van der Waals surface area contributed by atoms with E-state index in [-0.39, 0.29) is 12.0 Å². The summed E-state index contributed by atoms with van der Waals surface area (Å²) in [6.07, 6.45) is 18.4. The number of hydrogen-bond donors (Lipinski definition) is 0. The summed E-state index contributed by atoms with van der Waals surface area (Å²) in [5, 5.41) is 0. The van der Waals surface area contributed by atoms with Crippen LogP contribution >= 0.6 is 0 Å². The molecule has 112 valence electrons. The van der Waals surface area contributed by atoms with E-state index in [1.54, 1.807) is 0 Å². The van der Waals surface area contributed by atoms with E-state index in [2.05, 4.69) is 33.9 Å². The minimum absolute atomic E-state index is 0.241. The number of hydrogen-bond acceptors (Lipinski definition) is 1. The maximum absolute atomic E-state index is 14.8. The van der Waals surface area contributed by atoms with Crippen molar-refractivity contribution < 1.29 is 4.39 Å². The zero-order valence-electron chi connectivity index (χ0n) is 12.4. The number of fused-ring (bicyclic) bond motifs is 3. The second-order valence-corrected chi connectivity index (χ2v) is 6.82. The SMILES string of the molecule is FC(CC1C2C=CC=CC2c2cncn21)C1CCCCC1. The van der Waals surface area contributed by atoms with Crippen LogP contribution in [0.1, 0.15) is 56.2 Å². The predicted molar refractivity (Wildman–Crippen MR) is 81.9 cm³/mol. The lowest BCUT2D eigenvalue weighted by Crippen LogP contribution is -2.25. The maximum Gasteiger partial charge on any atom is 0.105 e. The fourth-order valence-corrected chi connectivity index (χ4v) is 4.51. The summed E-state index contributed by atoms with van der Waals surface area (Å²) in [5.41, 5.74) is 1.25. The summed E-state index contributed by atoms with van der Waals surface area (Å²) in [4.78, 5) is 4.29. The molecule has 2 heterocycles. The highest BCUT2D eigenvalue weighted by Crippen LogP contribution is 2.47. The molecule has 3 aliphatic rings. The quantitative estimate of drug-likeness (QED) is 0.795. The minimum Gasteiger partial charge on any atom is -0.330 e. The van der Waals surface area contributed by atoms with E-state index in [1.807, 2.05) is 12.5 Å². The average molecular weight is 286 g/mol. The highest BCUT2D eigenvalue weighted by atomic mass is 19.1. The predicted octanol–water partition coefficient (Wildman–Crippen LogP) is 4.57. The molecule has 4 rings (SSSR count). The Labute approximate surface area is 125 Å². The molecular weight excluding hydrogens is 263 g/mol. The smallest absolute Gasteiger partial charge is 0.105 e. The standard InChI is InChI=1S/C18H23FN2/c19-16(13-6-2-1-3-7-13)10-17-14-8-4-5-9-15(14)18-11-20-12-21(17)18/h4-5,8-9,11-17H,1-3,6-7,10H2. The average Bonchev–Trinajstić information content (AvgIpc) is 3.11. The molecule has 1 saturated carbocycles. The third-order valence-electron chi connectivity index (χ3n) is 5.64. The van der Waals surface area contributed by atoms with Crippen LogP contribution in [0, 0.1) is 11.8 Å². The van der Waals surface area contributed by atoms with Gasteiger partial charge in [-0.05, 0) is 18.8 Å². The minimum atomic E-state index is -0.663. The first kappa shape index (κ1) is 13.3. The van der Waals surface area contributed by atoms with Gasteiger partial charge in [0.15, 0.2) is 0 Å².